The summed E-state index contributed by atoms with van der Waals surface area (Å²) in [5.74, 6) is 5.79. The molecule has 0 aliphatic carbocycles. The molecule has 0 aromatic heterocycles. The van der Waals surface area contributed by atoms with Crippen molar-refractivity contribution in [3.8, 4) is 0 Å². The molecule has 106 valence electrons. The largest absolute Gasteiger partial charge is 0.378 e. The fraction of sp³-hybridized carbons (Fsp3) is 0.625. The molecule has 2 atom stereocenters. The van der Waals surface area contributed by atoms with Gasteiger partial charge in [0.2, 0.25) is 0 Å². The first kappa shape index (κ1) is 14.5. The minimum Gasteiger partial charge on any atom is -0.378 e. The van der Waals surface area contributed by atoms with Crippen LogP contribution in [-0.2, 0) is 10.2 Å². The Kier molecular flexibility index (Phi) is 4.97. The maximum atomic E-state index is 5.79. The van der Waals surface area contributed by atoms with E-state index in [9.17, 15) is 0 Å². The van der Waals surface area contributed by atoms with E-state index in [1.54, 1.807) is 0 Å². The Hall–Kier alpha value is -0.900. The number of hydrogen-bond acceptors (Lipinski definition) is 3. The van der Waals surface area contributed by atoms with Gasteiger partial charge in [-0.2, -0.15) is 0 Å². The van der Waals surface area contributed by atoms with Crippen molar-refractivity contribution in [3.05, 3.63) is 35.9 Å². The molecule has 3 nitrogen and oxygen atoms in total. The van der Waals surface area contributed by atoms with E-state index in [0.29, 0.717) is 6.10 Å². The average Bonchev–Trinajstić information content (AvgIpc) is 2.93. The van der Waals surface area contributed by atoms with Gasteiger partial charge in [0.05, 0.1) is 6.10 Å². The number of hydrazine groups is 1. The van der Waals surface area contributed by atoms with Gasteiger partial charge < -0.3 is 4.74 Å². The van der Waals surface area contributed by atoms with Crippen molar-refractivity contribution in [2.75, 3.05) is 6.61 Å². The van der Waals surface area contributed by atoms with E-state index in [1.807, 2.05) is 0 Å². The average molecular weight is 262 g/mol. The van der Waals surface area contributed by atoms with E-state index >= 15 is 0 Å². The van der Waals surface area contributed by atoms with Crippen molar-refractivity contribution < 1.29 is 4.74 Å². The van der Waals surface area contributed by atoms with Crippen LogP contribution >= 0.6 is 0 Å². The summed E-state index contributed by atoms with van der Waals surface area (Å²) < 4.78 is 5.70. The molecule has 1 heterocycles. The van der Waals surface area contributed by atoms with Crippen molar-refractivity contribution >= 4 is 0 Å². The zero-order valence-electron chi connectivity index (χ0n) is 12.1. The predicted molar refractivity (Wildman–Crippen MR) is 78.8 cm³/mol. The molecular weight excluding hydrogens is 236 g/mol. The molecule has 0 radical (unpaired) electrons. The second-order valence-electron chi connectivity index (χ2n) is 6.02. The molecule has 1 aromatic rings. The highest BCUT2D eigenvalue weighted by atomic mass is 16.5. The molecule has 1 fully saturated rings. The summed E-state index contributed by atoms with van der Waals surface area (Å²) >= 11 is 0. The monoisotopic (exact) mass is 262 g/mol. The molecule has 1 aliphatic heterocycles. The summed E-state index contributed by atoms with van der Waals surface area (Å²) in [5.41, 5.74) is 4.36. The lowest BCUT2D eigenvalue weighted by Gasteiger charge is -2.35. The third-order valence-corrected chi connectivity index (χ3v) is 4.39. The van der Waals surface area contributed by atoms with E-state index in [-0.39, 0.29) is 11.5 Å². The highest BCUT2D eigenvalue weighted by Gasteiger charge is 2.31. The minimum absolute atomic E-state index is 0.0224. The van der Waals surface area contributed by atoms with Crippen LogP contribution in [-0.4, -0.2) is 18.8 Å². The molecule has 0 bridgehead atoms. The summed E-state index contributed by atoms with van der Waals surface area (Å²) in [7, 11) is 0. The molecule has 1 aliphatic rings. The minimum atomic E-state index is 0.0224. The van der Waals surface area contributed by atoms with E-state index < -0.39 is 0 Å². The SMILES string of the molecule is CC(C)(c1ccccc1)C(CCC1CCCO1)NN. The second kappa shape index (κ2) is 6.51. The van der Waals surface area contributed by atoms with Gasteiger partial charge in [-0.25, -0.2) is 0 Å². The predicted octanol–water partition coefficient (Wildman–Crippen LogP) is 2.76. The van der Waals surface area contributed by atoms with Crippen LogP contribution in [0, 0.1) is 0 Å². The lowest BCUT2D eigenvalue weighted by molar-refractivity contribution is 0.0966. The Balaban J connectivity index is 1.99. The maximum Gasteiger partial charge on any atom is 0.0576 e. The molecule has 0 amide bonds. The van der Waals surface area contributed by atoms with Gasteiger partial charge >= 0.3 is 0 Å². The van der Waals surface area contributed by atoms with Crippen LogP contribution in [0.4, 0.5) is 0 Å². The number of ether oxygens (including phenoxy) is 1. The fourth-order valence-corrected chi connectivity index (χ4v) is 2.95. The van der Waals surface area contributed by atoms with Gasteiger partial charge in [0, 0.05) is 18.1 Å². The number of nitrogens with one attached hydrogen (secondary N) is 1. The Morgan fingerprint density at radius 2 is 2.11 bits per heavy atom. The molecule has 2 unspecified atom stereocenters. The normalized spacial score (nSPS) is 21.5. The zero-order chi connectivity index (χ0) is 13.7. The number of nitrogens with two attached hydrogens (primary N) is 1. The van der Waals surface area contributed by atoms with Crippen LogP contribution in [0.1, 0.15) is 45.1 Å². The number of hydrogen-bond donors (Lipinski definition) is 2. The van der Waals surface area contributed by atoms with Crippen LogP contribution in [0.2, 0.25) is 0 Å². The molecular formula is C16H26N2O. The van der Waals surface area contributed by atoms with Crippen LogP contribution in [0.5, 0.6) is 0 Å². The molecule has 19 heavy (non-hydrogen) atoms. The second-order valence-corrected chi connectivity index (χ2v) is 6.02. The van der Waals surface area contributed by atoms with E-state index in [1.165, 1.54) is 18.4 Å². The van der Waals surface area contributed by atoms with Gasteiger partial charge in [-0.05, 0) is 31.2 Å². The van der Waals surface area contributed by atoms with Crippen LogP contribution in [0.25, 0.3) is 0 Å². The van der Waals surface area contributed by atoms with Gasteiger partial charge in [-0.3, -0.25) is 11.3 Å². The lowest BCUT2D eigenvalue weighted by atomic mass is 9.76. The summed E-state index contributed by atoms with van der Waals surface area (Å²) in [5, 5.41) is 0. The molecule has 2 rings (SSSR count). The Morgan fingerprint density at radius 1 is 1.37 bits per heavy atom. The van der Waals surface area contributed by atoms with Crippen molar-refractivity contribution in [1.82, 2.24) is 5.43 Å². The summed E-state index contributed by atoms with van der Waals surface area (Å²) in [4.78, 5) is 0. The fourth-order valence-electron chi connectivity index (χ4n) is 2.95. The van der Waals surface area contributed by atoms with Gasteiger partial charge in [-0.1, -0.05) is 44.2 Å². The van der Waals surface area contributed by atoms with Crippen LogP contribution < -0.4 is 11.3 Å². The van der Waals surface area contributed by atoms with Crippen molar-refractivity contribution in [1.29, 1.82) is 0 Å². The quantitative estimate of drug-likeness (QED) is 0.612. The van der Waals surface area contributed by atoms with Gasteiger partial charge in [0.15, 0.2) is 0 Å². The third kappa shape index (κ3) is 3.56. The van der Waals surface area contributed by atoms with Crippen LogP contribution in [0.3, 0.4) is 0 Å². The van der Waals surface area contributed by atoms with Crippen molar-refractivity contribution in [2.45, 2.75) is 57.1 Å². The van der Waals surface area contributed by atoms with E-state index in [2.05, 4.69) is 49.6 Å². The zero-order valence-corrected chi connectivity index (χ0v) is 12.1. The van der Waals surface area contributed by atoms with Crippen molar-refractivity contribution in [2.24, 2.45) is 5.84 Å². The first-order valence-corrected chi connectivity index (χ1v) is 7.28. The van der Waals surface area contributed by atoms with Gasteiger partial charge in [-0.15, -0.1) is 0 Å². The van der Waals surface area contributed by atoms with Gasteiger partial charge in [0.1, 0.15) is 0 Å². The summed E-state index contributed by atoms with van der Waals surface area (Å²) in [6.45, 7) is 5.43. The number of rotatable bonds is 6. The van der Waals surface area contributed by atoms with Crippen molar-refractivity contribution in [3.63, 3.8) is 0 Å². The first-order valence-electron chi connectivity index (χ1n) is 7.28. The van der Waals surface area contributed by atoms with Gasteiger partial charge in [0.25, 0.3) is 0 Å². The maximum absolute atomic E-state index is 5.79. The molecule has 0 saturated carbocycles. The first-order chi connectivity index (χ1) is 9.14. The van der Waals surface area contributed by atoms with Crippen LogP contribution in [0.15, 0.2) is 30.3 Å². The molecule has 3 heteroatoms. The Bertz CT molecular complexity index is 372. The summed E-state index contributed by atoms with van der Waals surface area (Å²) in [6, 6.07) is 10.8. The Morgan fingerprint density at radius 3 is 2.68 bits per heavy atom. The van der Waals surface area contributed by atoms with E-state index in [4.69, 9.17) is 10.6 Å². The molecule has 1 saturated heterocycles. The van der Waals surface area contributed by atoms with E-state index in [0.717, 1.165) is 19.4 Å². The third-order valence-electron chi connectivity index (χ3n) is 4.39. The lowest BCUT2D eigenvalue weighted by Crippen LogP contribution is -2.48. The number of benzene rings is 1. The summed E-state index contributed by atoms with van der Waals surface area (Å²) in [6.07, 6.45) is 4.97. The highest BCUT2D eigenvalue weighted by molar-refractivity contribution is 5.25. The molecule has 0 spiro atoms. The Labute approximate surface area is 116 Å². The topological polar surface area (TPSA) is 47.3 Å². The molecule has 1 aromatic carbocycles. The smallest absolute Gasteiger partial charge is 0.0576 e. The molecule has 3 N–H and O–H groups in total. The standard InChI is InChI=1S/C16H26N2O/c1-16(2,13-7-4-3-5-8-13)15(18-17)11-10-14-9-6-12-19-14/h3-5,7-8,14-15,18H,6,9-12,17H2,1-2H3. The highest BCUT2D eigenvalue weighted by Crippen LogP contribution is 2.30.